The highest BCUT2D eigenvalue weighted by Gasteiger charge is 2.27. The molecule has 0 unspecified atom stereocenters. The molecule has 21 heavy (non-hydrogen) atoms. The lowest BCUT2D eigenvalue weighted by atomic mass is 10.0. The number of anilines is 1. The van der Waals surface area contributed by atoms with E-state index in [1.165, 1.54) is 5.56 Å². The number of rotatable bonds is 1. The molecule has 1 saturated heterocycles. The van der Waals surface area contributed by atoms with Gasteiger partial charge in [-0.2, -0.15) is 0 Å². The van der Waals surface area contributed by atoms with Crippen molar-refractivity contribution in [3.05, 3.63) is 29.8 Å². The van der Waals surface area contributed by atoms with Gasteiger partial charge in [0, 0.05) is 18.8 Å². The summed E-state index contributed by atoms with van der Waals surface area (Å²) < 4.78 is 0. The van der Waals surface area contributed by atoms with Crippen LogP contribution in [-0.2, 0) is 11.2 Å². The van der Waals surface area contributed by atoms with Gasteiger partial charge in [-0.15, -0.1) is 0 Å². The number of nitrogens with zero attached hydrogens (tertiary/aromatic N) is 1. The van der Waals surface area contributed by atoms with Crippen molar-refractivity contribution in [3.8, 4) is 0 Å². The first-order chi connectivity index (χ1) is 10.3. The number of aryl methyl sites for hydroxylation is 1. The van der Waals surface area contributed by atoms with Crippen molar-refractivity contribution in [2.75, 3.05) is 18.0 Å². The Bertz CT molecular complexity index is 544. The van der Waals surface area contributed by atoms with Gasteiger partial charge in [-0.3, -0.25) is 9.69 Å². The molecule has 5 nitrogen and oxygen atoms in total. The summed E-state index contributed by atoms with van der Waals surface area (Å²) in [5, 5.41) is 5.74. The van der Waals surface area contributed by atoms with Gasteiger partial charge in [0.15, 0.2) is 0 Å². The van der Waals surface area contributed by atoms with Crippen LogP contribution in [0.1, 0.15) is 31.2 Å². The fourth-order valence-corrected chi connectivity index (χ4v) is 3.05. The van der Waals surface area contributed by atoms with Crippen LogP contribution in [0.3, 0.4) is 0 Å². The number of hydrogen-bond acceptors (Lipinski definition) is 2. The quantitative estimate of drug-likeness (QED) is 0.827. The maximum atomic E-state index is 12.5. The third-order valence-corrected chi connectivity index (χ3v) is 4.19. The molecule has 0 bridgehead atoms. The maximum absolute atomic E-state index is 12.5. The monoisotopic (exact) mass is 287 g/mol. The lowest BCUT2D eigenvalue weighted by molar-refractivity contribution is -0.122. The summed E-state index contributed by atoms with van der Waals surface area (Å²) in [6.07, 6.45) is 4.61. The third kappa shape index (κ3) is 3.01. The van der Waals surface area contributed by atoms with E-state index in [-0.39, 0.29) is 11.9 Å². The first-order valence-electron chi connectivity index (χ1n) is 7.69. The zero-order chi connectivity index (χ0) is 14.7. The van der Waals surface area contributed by atoms with E-state index >= 15 is 0 Å². The molecule has 2 N–H and O–H groups in total. The number of para-hydroxylation sites is 1. The number of nitrogens with one attached hydrogen (secondary N) is 2. The number of amides is 3. The molecule has 112 valence electrons. The lowest BCUT2D eigenvalue weighted by Gasteiger charge is -2.30. The SMILES string of the molecule is O=C1NCCCC[C@H]1NC(=O)N1CCCc2ccccc21. The summed E-state index contributed by atoms with van der Waals surface area (Å²) in [6.45, 7) is 1.41. The fraction of sp³-hybridized carbons (Fsp3) is 0.500. The summed E-state index contributed by atoms with van der Waals surface area (Å²) in [7, 11) is 0. The second kappa shape index (κ2) is 6.16. The predicted molar refractivity (Wildman–Crippen MR) is 81.3 cm³/mol. The molecule has 3 amide bonds. The predicted octanol–water partition coefficient (Wildman–Crippen LogP) is 1.82. The van der Waals surface area contributed by atoms with E-state index in [9.17, 15) is 9.59 Å². The lowest BCUT2D eigenvalue weighted by Crippen LogP contribution is -2.51. The summed E-state index contributed by atoms with van der Waals surface area (Å²) >= 11 is 0. The normalized spacial score (nSPS) is 22.0. The minimum absolute atomic E-state index is 0.0638. The van der Waals surface area contributed by atoms with Crippen LogP contribution in [0.4, 0.5) is 10.5 Å². The largest absolute Gasteiger partial charge is 0.354 e. The van der Waals surface area contributed by atoms with Crippen LogP contribution in [-0.4, -0.2) is 31.1 Å². The average molecular weight is 287 g/mol. The molecule has 3 rings (SSSR count). The van der Waals surface area contributed by atoms with Crippen LogP contribution < -0.4 is 15.5 Å². The second-order valence-electron chi connectivity index (χ2n) is 5.67. The van der Waals surface area contributed by atoms with Crippen LogP contribution in [0.25, 0.3) is 0 Å². The van der Waals surface area contributed by atoms with E-state index in [2.05, 4.69) is 16.7 Å². The molecular weight excluding hydrogens is 266 g/mol. The highest BCUT2D eigenvalue weighted by Crippen LogP contribution is 2.26. The Morgan fingerprint density at radius 3 is 3.00 bits per heavy atom. The van der Waals surface area contributed by atoms with Crippen LogP contribution in [0, 0.1) is 0 Å². The first kappa shape index (κ1) is 13.9. The molecule has 1 atom stereocenters. The molecule has 2 heterocycles. The van der Waals surface area contributed by atoms with Crippen LogP contribution >= 0.6 is 0 Å². The Kier molecular flexibility index (Phi) is 4.08. The highest BCUT2D eigenvalue weighted by atomic mass is 16.2. The summed E-state index contributed by atoms with van der Waals surface area (Å²) in [5.74, 6) is -0.0638. The highest BCUT2D eigenvalue weighted by molar-refractivity contribution is 5.96. The van der Waals surface area contributed by atoms with E-state index < -0.39 is 6.04 Å². The van der Waals surface area contributed by atoms with Gasteiger partial charge in [0.05, 0.1) is 0 Å². The minimum atomic E-state index is -0.408. The van der Waals surface area contributed by atoms with Crippen molar-refractivity contribution in [3.63, 3.8) is 0 Å². The molecule has 2 aliphatic rings. The molecule has 5 heteroatoms. The van der Waals surface area contributed by atoms with E-state index in [0.717, 1.165) is 31.4 Å². The number of fused-ring (bicyclic) bond motifs is 1. The molecule has 0 aromatic heterocycles. The van der Waals surface area contributed by atoms with Gasteiger partial charge >= 0.3 is 6.03 Å². The van der Waals surface area contributed by atoms with Crippen molar-refractivity contribution < 1.29 is 9.59 Å². The molecule has 1 aromatic carbocycles. The molecule has 1 aromatic rings. The minimum Gasteiger partial charge on any atom is -0.354 e. The van der Waals surface area contributed by atoms with E-state index in [1.807, 2.05) is 18.2 Å². The van der Waals surface area contributed by atoms with Crippen LogP contribution in [0.15, 0.2) is 24.3 Å². The van der Waals surface area contributed by atoms with Gasteiger partial charge in [0.25, 0.3) is 0 Å². The molecule has 0 saturated carbocycles. The molecule has 0 aliphatic carbocycles. The summed E-state index contributed by atoms with van der Waals surface area (Å²) in [6, 6.07) is 7.41. The Morgan fingerprint density at radius 2 is 2.10 bits per heavy atom. The van der Waals surface area contributed by atoms with Gasteiger partial charge < -0.3 is 10.6 Å². The van der Waals surface area contributed by atoms with E-state index in [4.69, 9.17) is 0 Å². The number of carbonyl (C=O) groups is 2. The van der Waals surface area contributed by atoms with Gasteiger partial charge in [0.2, 0.25) is 5.91 Å². The average Bonchev–Trinajstić information content (AvgIpc) is 2.71. The van der Waals surface area contributed by atoms with Crippen molar-refractivity contribution >= 4 is 17.6 Å². The second-order valence-corrected chi connectivity index (χ2v) is 5.67. The van der Waals surface area contributed by atoms with Crippen molar-refractivity contribution in [2.24, 2.45) is 0 Å². The molecule has 2 aliphatic heterocycles. The van der Waals surface area contributed by atoms with Gasteiger partial charge in [-0.25, -0.2) is 4.79 Å². The number of carbonyl (C=O) groups excluding carboxylic acids is 2. The van der Waals surface area contributed by atoms with Crippen molar-refractivity contribution in [1.82, 2.24) is 10.6 Å². The molecule has 1 fully saturated rings. The summed E-state index contributed by atoms with van der Waals surface area (Å²) in [4.78, 5) is 26.2. The molecule has 0 radical (unpaired) electrons. The number of benzene rings is 1. The molecule has 0 spiro atoms. The van der Waals surface area contributed by atoms with Gasteiger partial charge in [-0.05, 0) is 43.7 Å². The standard InChI is InChI=1S/C16H21N3O2/c20-15-13(8-3-4-10-17-15)18-16(21)19-11-5-7-12-6-1-2-9-14(12)19/h1-2,6,9,13H,3-5,7-8,10-11H2,(H,17,20)(H,18,21)/t13-/m1/s1. The Hall–Kier alpha value is -2.04. The third-order valence-electron chi connectivity index (χ3n) is 4.19. The summed E-state index contributed by atoms with van der Waals surface area (Å²) in [5.41, 5.74) is 2.17. The maximum Gasteiger partial charge on any atom is 0.322 e. The Morgan fingerprint density at radius 1 is 1.24 bits per heavy atom. The van der Waals surface area contributed by atoms with E-state index in [0.29, 0.717) is 19.5 Å². The van der Waals surface area contributed by atoms with Crippen molar-refractivity contribution in [2.45, 2.75) is 38.1 Å². The van der Waals surface area contributed by atoms with Gasteiger partial charge in [-0.1, -0.05) is 18.2 Å². The smallest absolute Gasteiger partial charge is 0.322 e. The molecular formula is C16H21N3O2. The zero-order valence-corrected chi connectivity index (χ0v) is 12.1. The fourth-order valence-electron chi connectivity index (χ4n) is 3.05. The van der Waals surface area contributed by atoms with Crippen molar-refractivity contribution in [1.29, 1.82) is 0 Å². The topological polar surface area (TPSA) is 61.4 Å². The van der Waals surface area contributed by atoms with E-state index in [1.54, 1.807) is 4.90 Å². The Balaban J connectivity index is 1.72. The van der Waals surface area contributed by atoms with Crippen LogP contribution in [0.5, 0.6) is 0 Å². The zero-order valence-electron chi connectivity index (χ0n) is 12.1. The van der Waals surface area contributed by atoms with Crippen LogP contribution in [0.2, 0.25) is 0 Å². The van der Waals surface area contributed by atoms with Gasteiger partial charge in [0.1, 0.15) is 6.04 Å². The number of urea groups is 1. The number of hydrogen-bond donors (Lipinski definition) is 2. The Labute approximate surface area is 124 Å². The first-order valence-corrected chi connectivity index (χ1v) is 7.69.